The van der Waals surface area contributed by atoms with E-state index < -0.39 is 11.7 Å². The lowest BCUT2D eigenvalue weighted by molar-refractivity contribution is -0.138. The standard InChI is InChI=1S/C17H17F3N2OS/c1-12-3-5-13(6-4-12)10-22(2)16(23)11-24-15-8-7-14(9-21-15)17(18,19)20/h3-9H,10-11H2,1-2H3. The molecule has 0 spiro atoms. The van der Waals surface area contributed by atoms with Gasteiger partial charge in [0.1, 0.15) is 0 Å². The molecule has 7 heteroatoms. The van der Waals surface area contributed by atoms with Crippen LogP contribution in [0.5, 0.6) is 0 Å². The monoisotopic (exact) mass is 354 g/mol. The van der Waals surface area contributed by atoms with Crippen molar-refractivity contribution in [3.63, 3.8) is 0 Å². The molecule has 0 saturated carbocycles. The van der Waals surface area contributed by atoms with E-state index in [-0.39, 0.29) is 11.7 Å². The van der Waals surface area contributed by atoms with Crippen molar-refractivity contribution in [2.75, 3.05) is 12.8 Å². The molecule has 128 valence electrons. The Labute approximate surface area is 142 Å². The molecule has 0 fully saturated rings. The first-order chi connectivity index (χ1) is 11.3. The summed E-state index contributed by atoms with van der Waals surface area (Å²) in [4.78, 5) is 17.4. The van der Waals surface area contributed by atoms with Gasteiger partial charge in [0.05, 0.1) is 16.3 Å². The molecule has 0 saturated heterocycles. The van der Waals surface area contributed by atoms with Gasteiger partial charge in [-0.15, -0.1) is 0 Å². The van der Waals surface area contributed by atoms with Crippen LogP contribution >= 0.6 is 11.8 Å². The number of rotatable bonds is 5. The summed E-state index contributed by atoms with van der Waals surface area (Å²) in [6.45, 7) is 2.48. The number of aryl methyl sites for hydroxylation is 1. The maximum Gasteiger partial charge on any atom is 0.417 e. The van der Waals surface area contributed by atoms with Crippen LogP contribution in [0.4, 0.5) is 13.2 Å². The molecule has 24 heavy (non-hydrogen) atoms. The SMILES string of the molecule is Cc1ccc(CN(C)C(=O)CSc2ccc(C(F)(F)F)cn2)cc1. The average Bonchev–Trinajstić information content (AvgIpc) is 2.54. The summed E-state index contributed by atoms with van der Waals surface area (Å²) in [5.41, 5.74) is 1.38. The van der Waals surface area contributed by atoms with Crippen molar-refractivity contribution in [3.05, 3.63) is 59.3 Å². The quantitative estimate of drug-likeness (QED) is 0.756. The van der Waals surface area contributed by atoms with Crippen LogP contribution in [0.15, 0.2) is 47.6 Å². The molecule has 1 amide bonds. The second kappa shape index (κ2) is 7.70. The lowest BCUT2D eigenvalue weighted by atomic mass is 10.1. The van der Waals surface area contributed by atoms with E-state index in [1.54, 1.807) is 11.9 Å². The highest BCUT2D eigenvalue weighted by molar-refractivity contribution is 7.99. The van der Waals surface area contributed by atoms with Gasteiger partial charge in [-0.05, 0) is 24.6 Å². The summed E-state index contributed by atoms with van der Waals surface area (Å²) in [5, 5.41) is 0.389. The molecule has 2 aromatic rings. The molecule has 0 aliphatic rings. The van der Waals surface area contributed by atoms with Crippen LogP contribution in [0, 0.1) is 6.92 Å². The van der Waals surface area contributed by atoms with Gasteiger partial charge in [-0.3, -0.25) is 4.79 Å². The number of carbonyl (C=O) groups excluding carboxylic acids is 1. The van der Waals surface area contributed by atoms with Crippen LogP contribution in [0.1, 0.15) is 16.7 Å². The zero-order valence-corrected chi connectivity index (χ0v) is 14.1. The lowest BCUT2D eigenvalue weighted by Crippen LogP contribution is -2.27. The van der Waals surface area contributed by atoms with E-state index >= 15 is 0 Å². The first-order valence-corrected chi connectivity index (χ1v) is 8.20. The van der Waals surface area contributed by atoms with Crippen LogP contribution in [-0.4, -0.2) is 28.6 Å². The molecule has 1 aromatic heterocycles. The number of aromatic nitrogens is 1. The Morgan fingerprint density at radius 1 is 1.17 bits per heavy atom. The first-order valence-electron chi connectivity index (χ1n) is 7.21. The summed E-state index contributed by atoms with van der Waals surface area (Å²) in [7, 11) is 1.70. The molecule has 0 bridgehead atoms. The van der Waals surface area contributed by atoms with Gasteiger partial charge in [-0.2, -0.15) is 13.2 Å². The van der Waals surface area contributed by atoms with Crippen molar-refractivity contribution in [2.45, 2.75) is 24.7 Å². The molecule has 2 rings (SSSR count). The number of pyridine rings is 1. The average molecular weight is 354 g/mol. The lowest BCUT2D eigenvalue weighted by Gasteiger charge is -2.17. The van der Waals surface area contributed by atoms with E-state index in [1.807, 2.05) is 31.2 Å². The number of halogens is 3. The van der Waals surface area contributed by atoms with Crippen molar-refractivity contribution in [1.82, 2.24) is 9.88 Å². The van der Waals surface area contributed by atoms with Crippen molar-refractivity contribution < 1.29 is 18.0 Å². The minimum Gasteiger partial charge on any atom is -0.341 e. The number of hydrogen-bond donors (Lipinski definition) is 0. The third kappa shape index (κ3) is 5.26. The van der Waals surface area contributed by atoms with E-state index in [9.17, 15) is 18.0 Å². The van der Waals surface area contributed by atoms with Crippen LogP contribution < -0.4 is 0 Å². The zero-order chi connectivity index (χ0) is 17.7. The Balaban J connectivity index is 1.86. The molecule has 0 atom stereocenters. The second-order valence-electron chi connectivity index (χ2n) is 5.41. The minimum absolute atomic E-state index is 0.109. The summed E-state index contributed by atoms with van der Waals surface area (Å²) in [6, 6.07) is 10.1. The number of alkyl halides is 3. The van der Waals surface area contributed by atoms with Crippen LogP contribution in [0.25, 0.3) is 0 Å². The summed E-state index contributed by atoms with van der Waals surface area (Å²) >= 11 is 1.12. The molecule has 1 heterocycles. The predicted molar refractivity (Wildman–Crippen MR) is 87.6 cm³/mol. The molecule has 0 unspecified atom stereocenters. The Kier molecular flexibility index (Phi) is 5.88. The molecule has 0 aliphatic carbocycles. The van der Waals surface area contributed by atoms with E-state index in [4.69, 9.17) is 0 Å². The minimum atomic E-state index is -4.40. The molecule has 3 nitrogen and oxygen atoms in total. The van der Waals surface area contributed by atoms with E-state index in [0.29, 0.717) is 11.6 Å². The van der Waals surface area contributed by atoms with Gasteiger partial charge in [-0.25, -0.2) is 4.98 Å². The van der Waals surface area contributed by atoms with Gasteiger partial charge in [0.15, 0.2) is 0 Å². The van der Waals surface area contributed by atoms with Crippen molar-refractivity contribution in [1.29, 1.82) is 0 Å². The maximum atomic E-state index is 12.5. The van der Waals surface area contributed by atoms with Crippen molar-refractivity contribution in [2.24, 2.45) is 0 Å². The largest absolute Gasteiger partial charge is 0.417 e. The fourth-order valence-corrected chi connectivity index (χ4v) is 2.72. The van der Waals surface area contributed by atoms with Crippen molar-refractivity contribution in [3.8, 4) is 0 Å². The third-order valence-corrected chi connectivity index (χ3v) is 4.30. The van der Waals surface area contributed by atoms with E-state index in [2.05, 4.69) is 4.98 Å². The van der Waals surface area contributed by atoms with Crippen LogP contribution in [-0.2, 0) is 17.5 Å². The van der Waals surface area contributed by atoms with Crippen LogP contribution in [0.3, 0.4) is 0 Å². The second-order valence-corrected chi connectivity index (χ2v) is 6.40. The molecule has 1 aromatic carbocycles. The smallest absolute Gasteiger partial charge is 0.341 e. The fraction of sp³-hybridized carbons (Fsp3) is 0.294. The number of nitrogens with zero attached hydrogens (tertiary/aromatic N) is 2. The predicted octanol–water partition coefficient (Wildman–Crippen LogP) is 4.16. The summed E-state index contributed by atoms with van der Waals surface area (Å²) < 4.78 is 37.4. The molecule has 0 radical (unpaired) electrons. The zero-order valence-electron chi connectivity index (χ0n) is 13.3. The Bertz CT molecular complexity index is 684. The van der Waals surface area contributed by atoms with Gasteiger partial charge in [-0.1, -0.05) is 41.6 Å². The first kappa shape index (κ1) is 18.3. The highest BCUT2D eigenvalue weighted by atomic mass is 32.2. The van der Waals surface area contributed by atoms with Gasteiger partial charge in [0, 0.05) is 19.8 Å². The molecule has 0 N–H and O–H groups in total. The van der Waals surface area contributed by atoms with Gasteiger partial charge in [0.25, 0.3) is 0 Å². The van der Waals surface area contributed by atoms with Crippen molar-refractivity contribution >= 4 is 17.7 Å². The van der Waals surface area contributed by atoms with E-state index in [1.165, 1.54) is 6.07 Å². The fourth-order valence-electron chi connectivity index (χ4n) is 1.93. The normalized spacial score (nSPS) is 11.4. The van der Waals surface area contributed by atoms with Gasteiger partial charge in [0.2, 0.25) is 5.91 Å². The Morgan fingerprint density at radius 2 is 1.83 bits per heavy atom. The van der Waals surface area contributed by atoms with Crippen LogP contribution in [0.2, 0.25) is 0 Å². The molecular formula is C17H17F3N2OS. The number of hydrogen-bond acceptors (Lipinski definition) is 3. The number of carbonyl (C=O) groups is 1. The third-order valence-electron chi connectivity index (χ3n) is 3.37. The summed E-state index contributed by atoms with van der Waals surface area (Å²) in [5.74, 6) is 0.0167. The Hall–Kier alpha value is -2.02. The number of thioether (sulfide) groups is 1. The van der Waals surface area contributed by atoms with E-state index in [0.717, 1.165) is 35.2 Å². The number of amides is 1. The van der Waals surface area contributed by atoms with Gasteiger partial charge >= 0.3 is 6.18 Å². The molecular weight excluding hydrogens is 337 g/mol. The molecule has 0 aliphatic heterocycles. The maximum absolute atomic E-state index is 12.5. The Morgan fingerprint density at radius 3 is 2.38 bits per heavy atom. The highest BCUT2D eigenvalue weighted by Crippen LogP contribution is 2.29. The van der Waals surface area contributed by atoms with Gasteiger partial charge < -0.3 is 4.90 Å². The highest BCUT2D eigenvalue weighted by Gasteiger charge is 2.30. The topological polar surface area (TPSA) is 33.2 Å². The summed E-state index contributed by atoms with van der Waals surface area (Å²) in [6.07, 6.45) is -3.62. The number of benzene rings is 1.